The third-order valence-corrected chi connectivity index (χ3v) is 4.74. The van der Waals surface area contributed by atoms with E-state index in [2.05, 4.69) is 20.8 Å². The highest BCUT2D eigenvalue weighted by molar-refractivity contribution is 7.15. The van der Waals surface area contributed by atoms with Crippen molar-refractivity contribution in [3.8, 4) is 0 Å². The summed E-state index contributed by atoms with van der Waals surface area (Å²) in [4.78, 5) is 11.9. The molecular formula is C15H17FN4OS. The van der Waals surface area contributed by atoms with Crippen molar-refractivity contribution in [2.45, 2.75) is 38.0 Å². The van der Waals surface area contributed by atoms with E-state index in [0.29, 0.717) is 11.0 Å². The van der Waals surface area contributed by atoms with Crippen LogP contribution in [0.4, 0.5) is 20.0 Å². The highest BCUT2D eigenvalue weighted by Crippen LogP contribution is 2.35. The van der Waals surface area contributed by atoms with E-state index in [0.717, 1.165) is 17.8 Å². The SMILES string of the molecule is O=C(Nc1nnc(C2CCCCC2)s1)Nc1ccccc1F. The van der Waals surface area contributed by atoms with Gasteiger partial charge in [0.15, 0.2) is 0 Å². The summed E-state index contributed by atoms with van der Waals surface area (Å²) in [5.74, 6) is -0.0192. The predicted octanol–water partition coefficient (Wildman–Crippen LogP) is 4.37. The number of carbonyl (C=O) groups excluding carboxylic acids is 1. The molecule has 0 saturated heterocycles. The van der Waals surface area contributed by atoms with Crippen LogP contribution in [0.5, 0.6) is 0 Å². The van der Waals surface area contributed by atoms with Gasteiger partial charge < -0.3 is 5.32 Å². The molecule has 116 valence electrons. The largest absolute Gasteiger partial charge is 0.325 e. The molecule has 0 aliphatic heterocycles. The van der Waals surface area contributed by atoms with Crippen molar-refractivity contribution in [2.75, 3.05) is 10.6 Å². The minimum atomic E-state index is -0.517. The first kappa shape index (κ1) is 14.9. The molecule has 5 nitrogen and oxygen atoms in total. The zero-order chi connectivity index (χ0) is 15.4. The molecule has 0 atom stereocenters. The number of para-hydroxylation sites is 1. The molecular weight excluding hydrogens is 303 g/mol. The molecule has 22 heavy (non-hydrogen) atoms. The number of nitrogens with zero attached hydrogens (tertiary/aromatic N) is 2. The van der Waals surface area contributed by atoms with E-state index in [1.54, 1.807) is 12.1 Å². The van der Waals surface area contributed by atoms with E-state index >= 15 is 0 Å². The third-order valence-electron chi connectivity index (χ3n) is 3.74. The first-order chi connectivity index (χ1) is 10.7. The second-order valence-electron chi connectivity index (χ2n) is 5.34. The fourth-order valence-electron chi connectivity index (χ4n) is 2.61. The number of aromatic nitrogens is 2. The first-order valence-corrected chi connectivity index (χ1v) is 8.20. The standard InChI is InChI=1S/C15H17FN4OS/c16-11-8-4-5-9-12(11)17-14(21)18-15-20-19-13(22-15)10-6-2-1-3-7-10/h4-5,8-10H,1-3,6-7H2,(H2,17,18,20,21). The summed E-state index contributed by atoms with van der Waals surface area (Å²) < 4.78 is 13.5. The van der Waals surface area contributed by atoms with Gasteiger partial charge >= 0.3 is 6.03 Å². The van der Waals surface area contributed by atoms with Crippen LogP contribution in [0.25, 0.3) is 0 Å². The number of halogens is 1. The number of anilines is 2. The van der Waals surface area contributed by atoms with Gasteiger partial charge in [-0.15, -0.1) is 10.2 Å². The van der Waals surface area contributed by atoms with Crippen LogP contribution < -0.4 is 10.6 Å². The summed E-state index contributed by atoms with van der Waals surface area (Å²) in [6, 6.07) is 5.51. The Morgan fingerprint density at radius 1 is 1.14 bits per heavy atom. The molecule has 1 aromatic carbocycles. The van der Waals surface area contributed by atoms with Crippen LogP contribution in [-0.2, 0) is 0 Å². The molecule has 1 fully saturated rings. The summed E-state index contributed by atoms with van der Waals surface area (Å²) in [6.07, 6.45) is 6.00. The number of carbonyl (C=O) groups is 1. The number of hydrogen-bond acceptors (Lipinski definition) is 4. The number of nitrogens with one attached hydrogen (secondary N) is 2. The lowest BCUT2D eigenvalue weighted by Gasteiger charge is -2.18. The monoisotopic (exact) mass is 320 g/mol. The van der Waals surface area contributed by atoms with Crippen LogP contribution in [0, 0.1) is 5.82 Å². The second-order valence-corrected chi connectivity index (χ2v) is 6.35. The molecule has 1 heterocycles. The second kappa shape index (κ2) is 6.83. The van der Waals surface area contributed by atoms with E-state index in [1.165, 1.54) is 42.7 Å². The highest BCUT2D eigenvalue weighted by atomic mass is 32.1. The number of benzene rings is 1. The van der Waals surface area contributed by atoms with Crippen molar-refractivity contribution in [1.82, 2.24) is 10.2 Å². The molecule has 0 unspecified atom stereocenters. The van der Waals surface area contributed by atoms with Gasteiger partial charge in [0.05, 0.1) is 5.69 Å². The molecule has 7 heteroatoms. The van der Waals surface area contributed by atoms with Crippen molar-refractivity contribution < 1.29 is 9.18 Å². The van der Waals surface area contributed by atoms with Crippen molar-refractivity contribution in [3.05, 3.63) is 35.1 Å². The molecule has 0 spiro atoms. The summed E-state index contributed by atoms with van der Waals surface area (Å²) in [5.41, 5.74) is 0.136. The fraction of sp³-hybridized carbons (Fsp3) is 0.400. The summed E-state index contributed by atoms with van der Waals surface area (Å²) >= 11 is 1.39. The Balaban J connectivity index is 1.60. The molecule has 1 aromatic heterocycles. The Labute approximate surface area is 132 Å². The minimum absolute atomic E-state index is 0.136. The van der Waals surface area contributed by atoms with Crippen molar-refractivity contribution in [2.24, 2.45) is 0 Å². The molecule has 2 amide bonds. The van der Waals surface area contributed by atoms with Crippen molar-refractivity contribution in [3.63, 3.8) is 0 Å². The maximum atomic E-state index is 13.5. The summed E-state index contributed by atoms with van der Waals surface area (Å²) in [5, 5.41) is 14.6. The molecule has 1 aliphatic carbocycles. The van der Waals surface area contributed by atoms with Crippen LogP contribution in [-0.4, -0.2) is 16.2 Å². The summed E-state index contributed by atoms with van der Waals surface area (Å²) in [6.45, 7) is 0. The van der Waals surface area contributed by atoms with Crippen LogP contribution in [0.1, 0.15) is 43.0 Å². The zero-order valence-electron chi connectivity index (χ0n) is 12.0. The molecule has 2 N–H and O–H groups in total. The van der Waals surface area contributed by atoms with Gasteiger partial charge in [0.25, 0.3) is 0 Å². The first-order valence-electron chi connectivity index (χ1n) is 7.38. The van der Waals surface area contributed by atoms with Crippen LogP contribution in [0.3, 0.4) is 0 Å². The highest BCUT2D eigenvalue weighted by Gasteiger charge is 2.20. The molecule has 1 aliphatic rings. The van der Waals surface area contributed by atoms with Crippen LogP contribution >= 0.6 is 11.3 Å². The van der Waals surface area contributed by atoms with Gasteiger partial charge in [-0.05, 0) is 25.0 Å². The topological polar surface area (TPSA) is 66.9 Å². The van der Waals surface area contributed by atoms with E-state index in [4.69, 9.17) is 0 Å². The van der Waals surface area contributed by atoms with Gasteiger partial charge in [-0.1, -0.05) is 42.7 Å². The average Bonchev–Trinajstić information content (AvgIpc) is 2.99. The Morgan fingerprint density at radius 3 is 2.68 bits per heavy atom. The average molecular weight is 320 g/mol. The van der Waals surface area contributed by atoms with Gasteiger partial charge in [0.2, 0.25) is 5.13 Å². The van der Waals surface area contributed by atoms with Gasteiger partial charge in [-0.2, -0.15) is 0 Å². The maximum absolute atomic E-state index is 13.5. The minimum Gasteiger partial charge on any atom is -0.305 e. The van der Waals surface area contributed by atoms with Crippen molar-refractivity contribution >= 4 is 28.2 Å². The molecule has 0 bridgehead atoms. The molecule has 3 rings (SSSR count). The van der Waals surface area contributed by atoms with Gasteiger partial charge in [0, 0.05) is 5.92 Å². The Hall–Kier alpha value is -2.02. The number of hydrogen-bond donors (Lipinski definition) is 2. The van der Waals surface area contributed by atoms with E-state index < -0.39 is 11.8 Å². The van der Waals surface area contributed by atoms with Gasteiger partial charge in [0.1, 0.15) is 10.8 Å². The number of amides is 2. The van der Waals surface area contributed by atoms with Crippen molar-refractivity contribution in [1.29, 1.82) is 0 Å². The molecule has 2 aromatic rings. The lowest BCUT2D eigenvalue weighted by atomic mass is 9.90. The fourth-order valence-corrected chi connectivity index (χ4v) is 3.52. The quantitative estimate of drug-likeness (QED) is 0.882. The van der Waals surface area contributed by atoms with Crippen LogP contribution in [0.15, 0.2) is 24.3 Å². The lowest BCUT2D eigenvalue weighted by Crippen LogP contribution is -2.19. The van der Waals surface area contributed by atoms with Gasteiger partial charge in [-0.25, -0.2) is 9.18 Å². The van der Waals surface area contributed by atoms with E-state index in [9.17, 15) is 9.18 Å². The third kappa shape index (κ3) is 3.59. The Bertz CT molecular complexity index is 654. The Morgan fingerprint density at radius 2 is 1.91 bits per heavy atom. The van der Waals surface area contributed by atoms with E-state index in [-0.39, 0.29) is 5.69 Å². The maximum Gasteiger partial charge on any atom is 0.325 e. The zero-order valence-corrected chi connectivity index (χ0v) is 12.8. The lowest BCUT2D eigenvalue weighted by molar-refractivity contribution is 0.262. The summed E-state index contributed by atoms with van der Waals surface area (Å²) in [7, 11) is 0. The Kier molecular flexibility index (Phi) is 4.62. The molecule has 1 saturated carbocycles. The smallest absolute Gasteiger partial charge is 0.305 e. The van der Waals surface area contributed by atoms with E-state index in [1.807, 2.05) is 0 Å². The normalized spacial score (nSPS) is 15.5. The van der Waals surface area contributed by atoms with Gasteiger partial charge in [-0.3, -0.25) is 5.32 Å². The number of urea groups is 1. The molecule has 0 radical (unpaired) electrons. The van der Waals surface area contributed by atoms with Crippen LogP contribution in [0.2, 0.25) is 0 Å². The predicted molar refractivity (Wildman–Crippen MR) is 84.8 cm³/mol. The number of rotatable bonds is 3.